The SMILES string of the molecule is C=C(NN)c1ccc(C#N)cc1. The first-order valence-electron chi connectivity index (χ1n) is 3.44. The molecule has 0 fully saturated rings. The Morgan fingerprint density at radius 1 is 1.42 bits per heavy atom. The molecule has 0 atom stereocenters. The molecule has 1 rings (SSSR count). The Morgan fingerprint density at radius 2 is 2.00 bits per heavy atom. The van der Waals surface area contributed by atoms with Crippen molar-refractivity contribution in [1.29, 1.82) is 5.26 Å². The third-order valence-corrected chi connectivity index (χ3v) is 1.54. The first-order chi connectivity index (χ1) is 5.77. The van der Waals surface area contributed by atoms with Gasteiger partial charge in [0.1, 0.15) is 0 Å². The van der Waals surface area contributed by atoms with Crippen LogP contribution >= 0.6 is 0 Å². The van der Waals surface area contributed by atoms with E-state index in [4.69, 9.17) is 11.1 Å². The summed E-state index contributed by atoms with van der Waals surface area (Å²) in [5.74, 6) is 5.16. The van der Waals surface area contributed by atoms with Crippen molar-refractivity contribution in [2.45, 2.75) is 0 Å². The van der Waals surface area contributed by atoms with Crippen LogP contribution in [-0.4, -0.2) is 0 Å². The fraction of sp³-hybridized carbons (Fsp3) is 0. The summed E-state index contributed by atoms with van der Waals surface area (Å²) in [7, 11) is 0. The average Bonchev–Trinajstić information content (AvgIpc) is 2.17. The number of nitriles is 1. The number of rotatable bonds is 2. The van der Waals surface area contributed by atoms with Gasteiger partial charge in [-0.25, -0.2) is 0 Å². The van der Waals surface area contributed by atoms with Gasteiger partial charge in [-0.15, -0.1) is 0 Å². The van der Waals surface area contributed by atoms with Crippen LogP contribution in [0.5, 0.6) is 0 Å². The summed E-state index contributed by atoms with van der Waals surface area (Å²) in [5, 5.41) is 8.51. The molecule has 0 spiro atoms. The molecule has 0 saturated carbocycles. The third kappa shape index (κ3) is 1.62. The van der Waals surface area contributed by atoms with Crippen LogP contribution in [0.4, 0.5) is 0 Å². The van der Waals surface area contributed by atoms with Gasteiger partial charge in [0.25, 0.3) is 0 Å². The monoisotopic (exact) mass is 159 g/mol. The van der Waals surface area contributed by atoms with Crippen molar-refractivity contribution in [3.05, 3.63) is 42.0 Å². The maximum Gasteiger partial charge on any atom is 0.0991 e. The van der Waals surface area contributed by atoms with E-state index in [9.17, 15) is 0 Å². The number of nitrogens with zero attached hydrogens (tertiary/aromatic N) is 1. The Hall–Kier alpha value is -1.79. The molecule has 12 heavy (non-hydrogen) atoms. The van der Waals surface area contributed by atoms with Crippen molar-refractivity contribution < 1.29 is 0 Å². The summed E-state index contributed by atoms with van der Waals surface area (Å²) >= 11 is 0. The minimum absolute atomic E-state index is 0.628. The van der Waals surface area contributed by atoms with Crippen LogP contribution in [0.2, 0.25) is 0 Å². The number of hydrogen-bond donors (Lipinski definition) is 2. The molecular weight excluding hydrogens is 150 g/mol. The normalized spacial score (nSPS) is 8.67. The predicted octanol–water partition coefficient (Wildman–Crippen LogP) is 0.992. The zero-order chi connectivity index (χ0) is 8.97. The van der Waals surface area contributed by atoms with Gasteiger partial charge in [-0.3, -0.25) is 5.84 Å². The van der Waals surface area contributed by atoms with Gasteiger partial charge in [0.15, 0.2) is 0 Å². The van der Waals surface area contributed by atoms with Gasteiger partial charge in [0, 0.05) is 5.70 Å². The lowest BCUT2D eigenvalue weighted by atomic mass is 10.1. The third-order valence-electron chi connectivity index (χ3n) is 1.54. The second kappa shape index (κ2) is 3.56. The van der Waals surface area contributed by atoms with E-state index in [0.29, 0.717) is 11.3 Å². The largest absolute Gasteiger partial charge is 0.324 e. The van der Waals surface area contributed by atoms with E-state index >= 15 is 0 Å². The zero-order valence-electron chi connectivity index (χ0n) is 6.54. The highest BCUT2D eigenvalue weighted by molar-refractivity contribution is 5.61. The minimum atomic E-state index is 0.628. The molecule has 0 aliphatic heterocycles. The van der Waals surface area contributed by atoms with Crippen LogP contribution in [0, 0.1) is 11.3 Å². The van der Waals surface area contributed by atoms with Crippen LogP contribution in [0.25, 0.3) is 5.70 Å². The Kier molecular flexibility index (Phi) is 2.46. The molecule has 1 aromatic rings. The van der Waals surface area contributed by atoms with Gasteiger partial charge >= 0.3 is 0 Å². The topological polar surface area (TPSA) is 61.8 Å². The second-order valence-electron chi connectivity index (χ2n) is 2.31. The smallest absolute Gasteiger partial charge is 0.0991 e. The van der Waals surface area contributed by atoms with E-state index in [0.717, 1.165) is 5.56 Å². The molecule has 0 aliphatic carbocycles. The summed E-state index contributed by atoms with van der Waals surface area (Å²) in [6, 6.07) is 9.05. The highest BCUT2D eigenvalue weighted by Crippen LogP contribution is 2.09. The van der Waals surface area contributed by atoms with Crippen molar-refractivity contribution >= 4 is 5.70 Å². The molecule has 1 aromatic carbocycles. The Balaban J connectivity index is 2.94. The number of nitrogens with two attached hydrogens (primary N) is 1. The Bertz CT molecular complexity index is 319. The highest BCUT2D eigenvalue weighted by Gasteiger charge is 1.95. The lowest BCUT2D eigenvalue weighted by Gasteiger charge is -2.03. The number of benzene rings is 1. The zero-order valence-corrected chi connectivity index (χ0v) is 6.54. The van der Waals surface area contributed by atoms with E-state index in [1.165, 1.54) is 0 Å². The highest BCUT2D eigenvalue weighted by atomic mass is 15.2. The molecule has 0 saturated heterocycles. The van der Waals surface area contributed by atoms with Gasteiger partial charge in [-0.1, -0.05) is 18.7 Å². The van der Waals surface area contributed by atoms with Crippen molar-refractivity contribution in [3.8, 4) is 6.07 Å². The molecule has 0 unspecified atom stereocenters. The lowest BCUT2D eigenvalue weighted by Crippen LogP contribution is -2.18. The van der Waals surface area contributed by atoms with Crippen LogP contribution in [-0.2, 0) is 0 Å². The molecule has 0 bridgehead atoms. The molecule has 3 heteroatoms. The van der Waals surface area contributed by atoms with Gasteiger partial charge in [0.2, 0.25) is 0 Å². The molecule has 3 N–H and O–H groups in total. The number of nitrogens with one attached hydrogen (secondary N) is 1. The van der Waals surface area contributed by atoms with Crippen LogP contribution in [0.15, 0.2) is 30.8 Å². The quantitative estimate of drug-likeness (QED) is 0.499. The van der Waals surface area contributed by atoms with E-state index < -0.39 is 0 Å². The van der Waals surface area contributed by atoms with Gasteiger partial charge in [-0.2, -0.15) is 5.26 Å². The lowest BCUT2D eigenvalue weighted by molar-refractivity contribution is 0.995. The molecule has 0 radical (unpaired) electrons. The fourth-order valence-corrected chi connectivity index (χ4v) is 0.829. The molecule has 0 heterocycles. The van der Waals surface area contributed by atoms with E-state index in [2.05, 4.69) is 12.0 Å². The number of hydrazine groups is 1. The Labute approximate surface area is 71.1 Å². The summed E-state index contributed by atoms with van der Waals surface area (Å²) < 4.78 is 0. The van der Waals surface area contributed by atoms with Crippen molar-refractivity contribution in [3.63, 3.8) is 0 Å². The van der Waals surface area contributed by atoms with Crippen molar-refractivity contribution in [2.24, 2.45) is 5.84 Å². The summed E-state index contributed by atoms with van der Waals surface area (Å²) in [5.41, 5.74) is 4.59. The minimum Gasteiger partial charge on any atom is -0.324 e. The van der Waals surface area contributed by atoms with E-state index in [1.54, 1.807) is 24.3 Å². The maximum atomic E-state index is 8.51. The molecular formula is C9H9N3. The second-order valence-corrected chi connectivity index (χ2v) is 2.31. The molecule has 0 aliphatic rings. The van der Waals surface area contributed by atoms with Gasteiger partial charge in [-0.05, 0) is 17.7 Å². The van der Waals surface area contributed by atoms with Crippen LogP contribution in [0.3, 0.4) is 0 Å². The van der Waals surface area contributed by atoms with Gasteiger partial charge < -0.3 is 5.43 Å². The van der Waals surface area contributed by atoms with E-state index in [-0.39, 0.29) is 0 Å². The van der Waals surface area contributed by atoms with Gasteiger partial charge in [0.05, 0.1) is 11.6 Å². The summed E-state index contributed by atoms with van der Waals surface area (Å²) in [4.78, 5) is 0. The number of hydrogen-bond acceptors (Lipinski definition) is 3. The molecule has 3 nitrogen and oxygen atoms in total. The van der Waals surface area contributed by atoms with Crippen molar-refractivity contribution in [1.82, 2.24) is 5.43 Å². The standard InChI is InChI=1S/C9H9N3/c1-7(12-11)9-4-2-8(6-10)3-5-9/h2-5,12H,1,11H2. The van der Waals surface area contributed by atoms with Crippen LogP contribution in [0.1, 0.15) is 11.1 Å². The van der Waals surface area contributed by atoms with Crippen molar-refractivity contribution in [2.75, 3.05) is 0 Å². The van der Waals surface area contributed by atoms with E-state index in [1.807, 2.05) is 6.07 Å². The molecule has 0 aromatic heterocycles. The first kappa shape index (κ1) is 8.31. The predicted molar refractivity (Wildman–Crippen MR) is 47.5 cm³/mol. The van der Waals surface area contributed by atoms with Crippen LogP contribution < -0.4 is 11.3 Å². The molecule has 60 valence electrons. The summed E-state index contributed by atoms with van der Waals surface area (Å²) in [6.07, 6.45) is 0. The average molecular weight is 159 g/mol. The summed E-state index contributed by atoms with van der Waals surface area (Å²) in [6.45, 7) is 3.68. The maximum absolute atomic E-state index is 8.51. The first-order valence-corrected chi connectivity index (χ1v) is 3.44. The molecule has 0 amide bonds. The Morgan fingerprint density at radius 3 is 2.42 bits per heavy atom. The fourth-order valence-electron chi connectivity index (χ4n) is 0.829.